The van der Waals surface area contributed by atoms with Crippen LogP contribution in [0.15, 0.2) is 32.2 Å². The number of aromatic amines is 1. The Kier molecular flexibility index (Phi) is 4.33. The number of nitrogens with zero attached hydrogens (tertiary/aromatic N) is 2. The van der Waals surface area contributed by atoms with Gasteiger partial charge in [-0.05, 0) is 26.7 Å². The molecular weight excluding hydrogens is 310 g/mol. The SMILES string of the molecule is Cc1nc([C@@H]2CCCN(C(=O)c3cc(=O)cc(C)o3)C2)cc(=O)[nH]1. The lowest BCUT2D eigenvalue weighted by Crippen LogP contribution is -2.39. The van der Waals surface area contributed by atoms with E-state index in [0.29, 0.717) is 30.4 Å². The van der Waals surface area contributed by atoms with Gasteiger partial charge >= 0.3 is 0 Å². The van der Waals surface area contributed by atoms with Crippen LogP contribution in [0.3, 0.4) is 0 Å². The lowest BCUT2D eigenvalue weighted by Gasteiger charge is -2.32. The van der Waals surface area contributed by atoms with Gasteiger partial charge in [0, 0.05) is 37.2 Å². The largest absolute Gasteiger partial charge is 0.456 e. The monoisotopic (exact) mass is 329 g/mol. The molecule has 0 bridgehead atoms. The number of likely N-dealkylation sites (tertiary alicyclic amines) is 1. The maximum absolute atomic E-state index is 12.6. The molecule has 2 aromatic heterocycles. The van der Waals surface area contributed by atoms with Gasteiger partial charge in [-0.3, -0.25) is 14.4 Å². The number of aromatic nitrogens is 2. The van der Waals surface area contributed by atoms with Crippen LogP contribution in [-0.2, 0) is 0 Å². The Morgan fingerprint density at radius 2 is 2.08 bits per heavy atom. The summed E-state index contributed by atoms with van der Waals surface area (Å²) in [4.78, 5) is 44.5. The Hall–Kier alpha value is -2.70. The Balaban J connectivity index is 1.83. The Bertz CT molecular complexity index is 884. The minimum atomic E-state index is -0.304. The van der Waals surface area contributed by atoms with Crippen molar-refractivity contribution >= 4 is 5.91 Å². The molecule has 3 heterocycles. The van der Waals surface area contributed by atoms with Gasteiger partial charge in [0.2, 0.25) is 0 Å². The second kappa shape index (κ2) is 6.43. The second-order valence-electron chi connectivity index (χ2n) is 6.11. The van der Waals surface area contributed by atoms with Gasteiger partial charge < -0.3 is 14.3 Å². The van der Waals surface area contributed by atoms with Crippen LogP contribution in [0.2, 0.25) is 0 Å². The molecule has 1 saturated heterocycles. The molecule has 0 aromatic carbocycles. The fraction of sp³-hybridized carbons (Fsp3) is 0.412. The van der Waals surface area contributed by atoms with Gasteiger partial charge in [-0.2, -0.15) is 0 Å². The van der Waals surface area contributed by atoms with E-state index >= 15 is 0 Å². The van der Waals surface area contributed by atoms with E-state index in [-0.39, 0.29) is 28.6 Å². The summed E-state index contributed by atoms with van der Waals surface area (Å²) in [5, 5.41) is 0. The van der Waals surface area contributed by atoms with Crippen molar-refractivity contribution in [1.29, 1.82) is 0 Å². The molecular formula is C17H19N3O4. The highest BCUT2D eigenvalue weighted by Gasteiger charge is 2.28. The highest BCUT2D eigenvalue weighted by atomic mass is 16.3. The third-order valence-corrected chi connectivity index (χ3v) is 4.11. The molecule has 0 unspecified atom stereocenters. The van der Waals surface area contributed by atoms with Crippen LogP contribution in [0.25, 0.3) is 0 Å². The van der Waals surface area contributed by atoms with Crippen LogP contribution in [0.5, 0.6) is 0 Å². The third-order valence-electron chi connectivity index (χ3n) is 4.11. The summed E-state index contributed by atoms with van der Waals surface area (Å²) >= 11 is 0. The number of aryl methyl sites for hydroxylation is 2. The molecule has 1 atom stereocenters. The van der Waals surface area contributed by atoms with Crippen LogP contribution in [0, 0.1) is 13.8 Å². The van der Waals surface area contributed by atoms with Crippen LogP contribution >= 0.6 is 0 Å². The first kappa shape index (κ1) is 16.2. The minimum absolute atomic E-state index is 0.000214. The average Bonchev–Trinajstić information content (AvgIpc) is 2.52. The molecule has 1 aliphatic rings. The molecule has 1 amide bonds. The normalized spacial score (nSPS) is 17.8. The predicted molar refractivity (Wildman–Crippen MR) is 87.2 cm³/mol. The van der Waals surface area contributed by atoms with Crippen LogP contribution in [-0.4, -0.2) is 33.9 Å². The third kappa shape index (κ3) is 3.45. The van der Waals surface area contributed by atoms with E-state index in [2.05, 4.69) is 9.97 Å². The highest BCUT2D eigenvalue weighted by molar-refractivity contribution is 5.91. The van der Waals surface area contributed by atoms with E-state index in [0.717, 1.165) is 12.8 Å². The first-order chi connectivity index (χ1) is 11.4. The fourth-order valence-corrected chi connectivity index (χ4v) is 3.08. The number of rotatable bonds is 2. The van der Waals surface area contributed by atoms with Crippen molar-refractivity contribution in [1.82, 2.24) is 14.9 Å². The Morgan fingerprint density at radius 1 is 1.29 bits per heavy atom. The second-order valence-corrected chi connectivity index (χ2v) is 6.11. The molecule has 0 spiro atoms. The lowest BCUT2D eigenvalue weighted by molar-refractivity contribution is 0.0669. The van der Waals surface area contributed by atoms with Gasteiger partial charge in [0.05, 0.1) is 5.69 Å². The summed E-state index contributed by atoms with van der Waals surface area (Å²) < 4.78 is 5.39. The highest BCUT2D eigenvalue weighted by Crippen LogP contribution is 2.26. The van der Waals surface area contributed by atoms with E-state index < -0.39 is 0 Å². The fourth-order valence-electron chi connectivity index (χ4n) is 3.08. The summed E-state index contributed by atoms with van der Waals surface area (Å²) in [5.41, 5.74) is 0.257. The maximum Gasteiger partial charge on any atom is 0.289 e. The van der Waals surface area contributed by atoms with Crippen molar-refractivity contribution < 1.29 is 9.21 Å². The van der Waals surface area contributed by atoms with Crippen molar-refractivity contribution in [2.75, 3.05) is 13.1 Å². The molecule has 7 nitrogen and oxygen atoms in total. The number of H-pyrrole nitrogens is 1. The Morgan fingerprint density at radius 3 is 2.79 bits per heavy atom. The number of piperidine rings is 1. The molecule has 1 N–H and O–H groups in total. The smallest absolute Gasteiger partial charge is 0.289 e. The summed E-state index contributed by atoms with van der Waals surface area (Å²) in [6.07, 6.45) is 1.66. The zero-order valence-corrected chi connectivity index (χ0v) is 13.7. The average molecular weight is 329 g/mol. The van der Waals surface area contributed by atoms with Crippen molar-refractivity contribution in [3.05, 3.63) is 61.8 Å². The zero-order chi connectivity index (χ0) is 17.3. The molecule has 3 rings (SSSR count). The number of hydrogen-bond donors (Lipinski definition) is 1. The molecule has 1 aliphatic heterocycles. The maximum atomic E-state index is 12.6. The van der Waals surface area contributed by atoms with Gasteiger partial charge in [0.1, 0.15) is 11.6 Å². The Labute approximate surface area is 138 Å². The van der Waals surface area contributed by atoms with E-state index in [4.69, 9.17) is 4.42 Å². The zero-order valence-electron chi connectivity index (χ0n) is 13.7. The van der Waals surface area contributed by atoms with E-state index in [1.165, 1.54) is 18.2 Å². The van der Waals surface area contributed by atoms with Gasteiger partial charge in [0.25, 0.3) is 11.5 Å². The van der Waals surface area contributed by atoms with Gasteiger partial charge in [0.15, 0.2) is 11.2 Å². The van der Waals surface area contributed by atoms with Gasteiger partial charge in [-0.15, -0.1) is 0 Å². The summed E-state index contributed by atoms with van der Waals surface area (Å²) in [6.45, 7) is 4.42. The predicted octanol–water partition coefficient (Wildman–Crippen LogP) is 1.36. The van der Waals surface area contributed by atoms with Crippen LogP contribution < -0.4 is 11.0 Å². The molecule has 2 aromatic rings. The van der Waals surface area contributed by atoms with Crippen molar-refractivity contribution in [2.45, 2.75) is 32.6 Å². The van der Waals surface area contributed by atoms with Crippen LogP contribution in [0.4, 0.5) is 0 Å². The number of hydrogen-bond acceptors (Lipinski definition) is 5. The van der Waals surface area contributed by atoms with E-state index in [1.54, 1.807) is 18.7 Å². The van der Waals surface area contributed by atoms with E-state index in [1.807, 2.05) is 0 Å². The number of carbonyl (C=O) groups is 1. The van der Waals surface area contributed by atoms with Crippen molar-refractivity contribution in [2.24, 2.45) is 0 Å². The lowest BCUT2D eigenvalue weighted by atomic mass is 9.94. The first-order valence-corrected chi connectivity index (χ1v) is 7.91. The molecule has 126 valence electrons. The van der Waals surface area contributed by atoms with Crippen LogP contribution in [0.1, 0.15) is 46.6 Å². The standard InChI is InChI=1S/C17H19N3O4/c1-10-6-13(21)7-15(24-10)17(23)20-5-3-4-12(9-20)14-8-16(22)19-11(2)18-14/h6-8,12H,3-5,9H2,1-2H3,(H,18,19,22)/t12-/m1/s1. The number of carbonyl (C=O) groups excluding carboxylic acids is 1. The molecule has 1 fully saturated rings. The van der Waals surface area contributed by atoms with Gasteiger partial charge in [-0.25, -0.2) is 4.98 Å². The molecule has 0 radical (unpaired) electrons. The molecule has 24 heavy (non-hydrogen) atoms. The van der Waals surface area contributed by atoms with Crippen molar-refractivity contribution in [3.8, 4) is 0 Å². The van der Waals surface area contributed by atoms with Crippen molar-refractivity contribution in [3.63, 3.8) is 0 Å². The minimum Gasteiger partial charge on any atom is -0.456 e. The topological polar surface area (TPSA) is 96.3 Å². The molecule has 7 heteroatoms. The number of nitrogens with one attached hydrogen (secondary N) is 1. The van der Waals surface area contributed by atoms with E-state index in [9.17, 15) is 14.4 Å². The molecule has 0 aliphatic carbocycles. The summed E-state index contributed by atoms with van der Waals surface area (Å²) in [5.74, 6) is 0.718. The van der Waals surface area contributed by atoms with Gasteiger partial charge in [-0.1, -0.05) is 0 Å². The number of amides is 1. The summed E-state index contributed by atoms with van der Waals surface area (Å²) in [7, 11) is 0. The summed E-state index contributed by atoms with van der Waals surface area (Å²) in [6, 6.07) is 4.05. The molecule has 0 saturated carbocycles. The quantitative estimate of drug-likeness (QED) is 0.897. The first-order valence-electron chi connectivity index (χ1n) is 7.91.